The number of carbonyl (C=O) groups is 1. The number of likely N-dealkylation sites (tertiary alicyclic amines) is 1. The van der Waals surface area contributed by atoms with Crippen molar-refractivity contribution in [2.75, 3.05) is 33.2 Å². The molecular weight excluding hydrogens is 238 g/mol. The fourth-order valence-electron chi connectivity index (χ4n) is 2.54. The Morgan fingerprint density at radius 2 is 1.89 bits per heavy atom. The summed E-state index contributed by atoms with van der Waals surface area (Å²) in [5.41, 5.74) is 0. The highest BCUT2D eigenvalue weighted by molar-refractivity contribution is 5.78. The molecule has 1 amide bonds. The molecule has 0 radical (unpaired) electrons. The summed E-state index contributed by atoms with van der Waals surface area (Å²) in [4.78, 5) is 16.2. The van der Waals surface area contributed by atoms with E-state index in [9.17, 15) is 4.79 Å². The van der Waals surface area contributed by atoms with Crippen LogP contribution in [0.5, 0.6) is 0 Å². The van der Waals surface area contributed by atoms with Crippen LogP contribution in [0.1, 0.15) is 39.5 Å². The molecule has 2 rings (SSSR count). The maximum Gasteiger partial charge on any atom is 0.236 e. The first-order valence-electron chi connectivity index (χ1n) is 7.77. The highest BCUT2D eigenvalue weighted by atomic mass is 16.2. The first-order chi connectivity index (χ1) is 9.06. The normalized spacial score (nSPS) is 21.9. The van der Waals surface area contributed by atoms with E-state index in [1.807, 2.05) is 11.9 Å². The second-order valence-electron chi connectivity index (χ2n) is 6.50. The van der Waals surface area contributed by atoms with Crippen molar-refractivity contribution in [1.82, 2.24) is 15.1 Å². The smallest absolute Gasteiger partial charge is 0.236 e. The fourth-order valence-corrected chi connectivity index (χ4v) is 2.54. The van der Waals surface area contributed by atoms with E-state index in [1.54, 1.807) is 0 Å². The van der Waals surface area contributed by atoms with Gasteiger partial charge in [-0.05, 0) is 52.0 Å². The van der Waals surface area contributed by atoms with Crippen LogP contribution in [-0.2, 0) is 4.79 Å². The first kappa shape index (κ1) is 14.8. The van der Waals surface area contributed by atoms with Gasteiger partial charge in [0.15, 0.2) is 0 Å². The molecule has 0 aromatic heterocycles. The summed E-state index contributed by atoms with van der Waals surface area (Å²) in [6.07, 6.45) is 5.21. The van der Waals surface area contributed by atoms with Gasteiger partial charge in [-0.15, -0.1) is 0 Å². The van der Waals surface area contributed by atoms with Gasteiger partial charge in [-0.2, -0.15) is 0 Å². The van der Waals surface area contributed by atoms with E-state index in [0.717, 1.165) is 19.0 Å². The van der Waals surface area contributed by atoms with E-state index in [1.165, 1.54) is 32.2 Å². The molecule has 0 atom stereocenters. The minimum atomic E-state index is 0.249. The zero-order chi connectivity index (χ0) is 13.8. The Balaban J connectivity index is 1.63. The Morgan fingerprint density at radius 3 is 2.42 bits per heavy atom. The third-order valence-corrected chi connectivity index (χ3v) is 4.51. The molecular formula is C15H29N3O. The third-order valence-electron chi connectivity index (χ3n) is 4.51. The van der Waals surface area contributed by atoms with Gasteiger partial charge in [-0.1, -0.05) is 0 Å². The molecule has 2 aliphatic rings. The minimum absolute atomic E-state index is 0.249. The number of hydrogen-bond acceptors (Lipinski definition) is 3. The lowest BCUT2D eigenvalue weighted by atomic mass is 10.0. The summed E-state index contributed by atoms with van der Waals surface area (Å²) in [6.45, 7) is 8.03. The van der Waals surface area contributed by atoms with Crippen LogP contribution in [0.2, 0.25) is 0 Å². The first-order valence-corrected chi connectivity index (χ1v) is 7.77. The van der Waals surface area contributed by atoms with Gasteiger partial charge in [0.05, 0.1) is 6.54 Å². The summed E-state index contributed by atoms with van der Waals surface area (Å²) in [6, 6.07) is 0.972. The zero-order valence-electron chi connectivity index (χ0n) is 12.7. The minimum Gasteiger partial charge on any atom is -0.342 e. The molecule has 0 bridgehead atoms. The summed E-state index contributed by atoms with van der Waals surface area (Å²) >= 11 is 0. The Morgan fingerprint density at radius 1 is 1.26 bits per heavy atom. The van der Waals surface area contributed by atoms with Crippen LogP contribution in [0, 0.1) is 5.92 Å². The maximum absolute atomic E-state index is 12.0. The number of amides is 1. The largest absolute Gasteiger partial charge is 0.342 e. The second-order valence-corrected chi connectivity index (χ2v) is 6.50. The highest BCUT2D eigenvalue weighted by Crippen LogP contribution is 2.28. The van der Waals surface area contributed by atoms with E-state index in [-0.39, 0.29) is 5.91 Å². The molecule has 1 saturated heterocycles. The molecule has 1 heterocycles. The molecule has 1 aliphatic heterocycles. The average molecular weight is 267 g/mol. The van der Waals surface area contributed by atoms with Gasteiger partial charge in [0.1, 0.15) is 0 Å². The number of rotatable bonds is 6. The van der Waals surface area contributed by atoms with Crippen molar-refractivity contribution in [3.8, 4) is 0 Å². The number of hydrogen-bond donors (Lipinski definition) is 1. The molecule has 0 aromatic rings. The van der Waals surface area contributed by atoms with Gasteiger partial charge >= 0.3 is 0 Å². The number of nitrogens with zero attached hydrogens (tertiary/aromatic N) is 2. The summed E-state index contributed by atoms with van der Waals surface area (Å²) in [5.74, 6) is 1.21. The van der Waals surface area contributed by atoms with Crippen LogP contribution in [0.25, 0.3) is 0 Å². The van der Waals surface area contributed by atoms with Crippen LogP contribution in [0.3, 0.4) is 0 Å². The Hall–Kier alpha value is -0.610. The van der Waals surface area contributed by atoms with Crippen molar-refractivity contribution in [1.29, 1.82) is 0 Å². The molecule has 110 valence electrons. The van der Waals surface area contributed by atoms with Crippen molar-refractivity contribution in [2.45, 2.75) is 51.6 Å². The lowest BCUT2D eigenvalue weighted by Gasteiger charge is -2.33. The molecule has 1 saturated carbocycles. The molecule has 0 unspecified atom stereocenters. The van der Waals surface area contributed by atoms with E-state index in [2.05, 4.69) is 24.1 Å². The third kappa shape index (κ3) is 4.77. The van der Waals surface area contributed by atoms with Gasteiger partial charge in [0.25, 0.3) is 0 Å². The standard InChI is InChI=1S/C15H29N3O/c1-12(2)17(3)15(19)11-18-8-6-14(7-9-18)16-10-13-4-5-13/h12-14,16H,4-11H2,1-3H3. The van der Waals surface area contributed by atoms with Crippen molar-refractivity contribution in [2.24, 2.45) is 5.92 Å². The van der Waals surface area contributed by atoms with Crippen LogP contribution < -0.4 is 5.32 Å². The summed E-state index contributed by atoms with van der Waals surface area (Å²) < 4.78 is 0. The maximum atomic E-state index is 12.0. The average Bonchev–Trinajstić information content (AvgIpc) is 3.21. The Bertz CT molecular complexity index is 294. The number of nitrogens with one attached hydrogen (secondary N) is 1. The molecule has 0 aromatic carbocycles. The van der Waals surface area contributed by atoms with E-state index in [4.69, 9.17) is 0 Å². The predicted molar refractivity (Wildman–Crippen MR) is 78.1 cm³/mol. The van der Waals surface area contributed by atoms with Crippen molar-refractivity contribution < 1.29 is 4.79 Å². The Labute approximate surface area is 117 Å². The van der Waals surface area contributed by atoms with Crippen LogP contribution in [0.15, 0.2) is 0 Å². The molecule has 2 fully saturated rings. The summed E-state index contributed by atoms with van der Waals surface area (Å²) in [5, 5.41) is 3.68. The molecule has 19 heavy (non-hydrogen) atoms. The SMILES string of the molecule is CC(C)N(C)C(=O)CN1CCC(NCC2CC2)CC1. The highest BCUT2D eigenvalue weighted by Gasteiger charge is 2.25. The van der Waals surface area contributed by atoms with Crippen molar-refractivity contribution in [3.05, 3.63) is 0 Å². The van der Waals surface area contributed by atoms with Crippen molar-refractivity contribution >= 4 is 5.91 Å². The predicted octanol–water partition coefficient (Wildman–Crippen LogP) is 1.32. The number of piperidine rings is 1. The zero-order valence-corrected chi connectivity index (χ0v) is 12.7. The molecule has 4 nitrogen and oxygen atoms in total. The summed E-state index contributed by atoms with van der Waals surface area (Å²) in [7, 11) is 1.90. The van der Waals surface area contributed by atoms with E-state index in [0.29, 0.717) is 18.6 Å². The van der Waals surface area contributed by atoms with Crippen molar-refractivity contribution in [3.63, 3.8) is 0 Å². The van der Waals surface area contributed by atoms with Gasteiger partial charge < -0.3 is 10.2 Å². The topological polar surface area (TPSA) is 35.6 Å². The van der Waals surface area contributed by atoms with Gasteiger partial charge in [-0.3, -0.25) is 9.69 Å². The van der Waals surface area contributed by atoms with E-state index >= 15 is 0 Å². The quantitative estimate of drug-likeness (QED) is 0.788. The van der Waals surface area contributed by atoms with Gasteiger partial charge in [0.2, 0.25) is 5.91 Å². The Kier molecular flexibility index (Phi) is 5.22. The van der Waals surface area contributed by atoms with E-state index < -0.39 is 0 Å². The van der Waals surface area contributed by atoms with Crippen LogP contribution >= 0.6 is 0 Å². The van der Waals surface area contributed by atoms with Gasteiger partial charge in [0, 0.05) is 32.2 Å². The molecule has 4 heteroatoms. The lowest BCUT2D eigenvalue weighted by molar-refractivity contribution is -0.132. The second kappa shape index (κ2) is 6.71. The lowest BCUT2D eigenvalue weighted by Crippen LogP contribution is -2.47. The number of carbonyl (C=O) groups excluding carboxylic acids is 1. The molecule has 1 aliphatic carbocycles. The number of likely N-dealkylation sites (N-methyl/N-ethyl adjacent to an activating group) is 1. The monoisotopic (exact) mass is 267 g/mol. The fraction of sp³-hybridized carbons (Fsp3) is 0.933. The van der Waals surface area contributed by atoms with Crippen LogP contribution in [-0.4, -0.2) is 61.0 Å². The molecule has 1 N–H and O–H groups in total. The van der Waals surface area contributed by atoms with Crippen LogP contribution in [0.4, 0.5) is 0 Å². The molecule has 0 spiro atoms. The van der Waals surface area contributed by atoms with Gasteiger partial charge in [-0.25, -0.2) is 0 Å².